The van der Waals surface area contributed by atoms with Gasteiger partial charge in [-0.05, 0) is 44.1 Å². The van der Waals surface area contributed by atoms with Crippen molar-refractivity contribution in [3.63, 3.8) is 0 Å². The summed E-state index contributed by atoms with van der Waals surface area (Å²) in [7, 11) is 3.29. The van der Waals surface area contributed by atoms with Crippen LogP contribution >= 0.6 is 0 Å². The zero-order valence-electron chi connectivity index (χ0n) is 23.0. The molecule has 0 spiro atoms. The number of methoxy groups -OCH3 is 2. The highest BCUT2D eigenvalue weighted by Gasteiger charge is 2.32. The first kappa shape index (κ1) is 27.8. The fraction of sp³-hybridized carbons (Fsp3) is 0.621. The summed E-state index contributed by atoms with van der Waals surface area (Å²) in [5.41, 5.74) is 1.50. The van der Waals surface area contributed by atoms with Crippen LogP contribution in [-0.4, -0.2) is 92.1 Å². The van der Waals surface area contributed by atoms with Crippen molar-refractivity contribution in [2.75, 3.05) is 52.4 Å². The van der Waals surface area contributed by atoms with E-state index in [0.29, 0.717) is 43.9 Å². The monoisotopic (exact) mass is 539 g/mol. The lowest BCUT2D eigenvalue weighted by molar-refractivity contribution is -0.0533. The second-order valence-corrected chi connectivity index (χ2v) is 10.6. The van der Waals surface area contributed by atoms with Gasteiger partial charge >= 0.3 is 0 Å². The number of hydrogen-bond donors (Lipinski definition) is 2. The summed E-state index contributed by atoms with van der Waals surface area (Å²) in [6, 6.07) is 11.0. The number of nitrogens with one attached hydrogen (secondary N) is 2. The maximum Gasteiger partial charge on any atom is 0.276 e. The molecule has 2 N–H and O–H groups in total. The molecule has 212 valence electrons. The summed E-state index contributed by atoms with van der Waals surface area (Å²) in [5, 5.41) is 7.10. The number of amides is 1. The highest BCUT2D eigenvalue weighted by molar-refractivity contribution is 5.96. The van der Waals surface area contributed by atoms with Gasteiger partial charge in [0.05, 0.1) is 32.0 Å². The van der Waals surface area contributed by atoms with E-state index < -0.39 is 0 Å². The maximum atomic E-state index is 13.5. The molecule has 1 aromatic heterocycles. The van der Waals surface area contributed by atoms with Gasteiger partial charge < -0.3 is 34.5 Å². The van der Waals surface area contributed by atoms with Crippen LogP contribution in [-0.2, 0) is 14.2 Å². The van der Waals surface area contributed by atoms with Crippen LogP contribution in [0.5, 0.6) is 5.75 Å². The summed E-state index contributed by atoms with van der Waals surface area (Å²) in [6.45, 7) is 3.26. The molecule has 0 unspecified atom stereocenters. The lowest BCUT2D eigenvalue weighted by atomic mass is 9.98. The van der Waals surface area contributed by atoms with Crippen LogP contribution in [0.15, 0.2) is 36.7 Å². The predicted octanol–water partition coefficient (Wildman–Crippen LogP) is 3.21. The van der Waals surface area contributed by atoms with E-state index in [-0.39, 0.29) is 36.0 Å². The Labute approximate surface area is 230 Å². The highest BCUT2D eigenvalue weighted by atomic mass is 16.5. The minimum absolute atomic E-state index is 0.0442. The molecule has 10 nitrogen and oxygen atoms in total. The number of hydrogen-bond acceptors (Lipinski definition) is 9. The van der Waals surface area contributed by atoms with Gasteiger partial charge in [0.2, 0.25) is 0 Å². The molecular weight excluding hydrogens is 498 g/mol. The third-order valence-corrected chi connectivity index (χ3v) is 8.07. The van der Waals surface area contributed by atoms with Gasteiger partial charge in [0.15, 0.2) is 17.3 Å². The molecule has 2 aromatic rings. The van der Waals surface area contributed by atoms with Crippen LogP contribution in [0.1, 0.15) is 60.7 Å². The van der Waals surface area contributed by atoms with E-state index in [4.69, 9.17) is 18.9 Å². The van der Waals surface area contributed by atoms with Crippen molar-refractivity contribution in [1.29, 1.82) is 0 Å². The van der Waals surface area contributed by atoms with Gasteiger partial charge in [0.25, 0.3) is 5.91 Å². The van der Waals surface area contributed by atoms with E-state index >= 15 is 0 Å². The molecule has 0 radical (unpaired) electrons. The van der Waals surface area contributed by atoms with E-state index in [2.05, 4.69) is 32.7 Å². The number of carbonyl (C=O) groups is 1. The van der Waals surface area contributed by atoms with Crippen LogP contribution in [0.2, 0.25) is 0 Å². The summed E-state index contributed by atoms with van der Waals surface area (Å²) in [6.07, 6.45) is 7.41. The molecule has 1 amide bonds. The molecule has 10 heteroatoms. The number of anilines is 1. The van der Waals surface area contributed by atoms with Gasteiger partial charge in [-0.3, -0.25) is 4.79 Å². The average molecular weight is 540 g/mol. The van der Waals surface area contributed by atoms with Crippen LogP contribution in [0, 0.1) is 0 Å². The van der Waals surface area contributed by atoms with Crippen molar-refractivity contribution in [3.05, 3.63) is 47.9 Å². The quantitative estimate of drug-likeness (QED) is 0.497. The summed E-state index contributed by atoms with van der Waals surface area (Å²) >= 11 is 0. The van der Waals surface area contributed by atoms with Crippen LogP contribution < -0.4 is 15.4 Å². The van der Waals surface area contributed by atoms with Crippen molar-refractivity contribution in [1.82, 2.24) is 20.2 Å². The Morgan fingerprint density at radius 3 is 2.67 bits per heavy atom. The van der Waals surface area contributed by atoms with E-state index in [1.807, 2.05) is 23.1 Å². The first-order valence-electron chi connectivity index (χ1n) is 14.2. The fourth-order valence-electron chi connectivity index (χ4n) is 5.85. The number of aromatic nitrogens is 2. The molecule has 3 aliphatic rings. The molecule has 4 atom stereocenters. The molecule has 0 aliphatic carbocycles. The number of likely N-dealkylation sites (tertiary alicyclic amines) is 1. The van der Waals surface area contributed by atoms with E-state index in [9.17, 15) is 4.79 Å². The first-order valence-corrected chi connectivity index (χ1v) is 14.2. The smallest absolute Gasteiger partial charge is 0.276 e. The molecule has 3 saturated heterocycles. The molecular formula is C29H41N5O5. The number of nitrogens with zero attached hydrogens (tertiary/aromatic N) is 3. The summed E-state index contributed by atoms with van der Waals surface area (Å²) < 4.78 is 23.2. The third kappa shape index (κ3) is 6.87. The summed E-state index contributed by atoms with van der Waals surface area (Å²) in [5.74, 6) is 0.765. The van der Waals surface area contributed by atoms with Crippen molar-refractivity contribution in [3.8, 4) is 5.75 Å². The van der Waals surface area contributed by atoms with Gasteiger partial charge in [0.1, 0.15) is 6.33 Å². The number of carbonyl (C=O) groups excluding carboxylic acids is 1. The van der Waals surface area contributed by atoms with Gasteiger partial charge in [0, 0.05) is 45.4 Å². The topological polar surface area (TPSA) is 107 Å². The Morgan fingerprint density at radius 1 is 1.08 bits per heavy atom. The largest absolute Gasteiger partial charge is 0.491 e. The second-order valence-electron chi connectivity index (χ2n) is 10.6. The lowest BCUT2D eigenvalue weighted by Crippen LogP contribution is -2.54. The molecule has 1 aromatic carbocycles. The average Bonchev–Trinajstić information content (AvgIpc) is 3.00. The number of rotatable bonds is 9. The zero-order chi connectivity index (χ0) is 27.0. The standard InChI is InChI=1S/C29H41N5O5/c1-36-25-18-38-16-13-23(25)33-21-11-14-34(15-12-21)29(35)26-27(37-2)28(32-19-31-26)30-17-22-9-6-10-24(39-22)20-7-4-3-5-8-20/h3-5,7-8,19,21-25,33H,6,9-18H2,1-2H3,(H,30,31,32)/t22-,23-,24+,25+/m1/s1. The van der Waals surface area contributed by atoms with Crippen molar-refractivity contribution < 1.29 is 23.7 Å². The Bertz CT molecular complexity index is 1070. The fourth-order valence-corrected chi connectivity index (χ4v) is 5.85. The van der Waals surface area contributed by atoms with Gasteiger partial charge in [-0.15, -0.1) is 0 Å². The second kappa shape index (κ2) is 13.5. The predicted molar refractivity (Wildman–Crippen MR) is 147 cm³/mol. The molecule has 3 aliphatic heterocycles. The van der Waals surface area contributed by atoms with E-state index in [1.165, 1.54) is 11.9 Å². The van der Waals surface area contributed by atoms with Crippen LogP contribution in [0.25, 0.3) is 0 Å². The van der Waals surface area contributed by atoms with Gasteiger partial charge in [-0.25, -0.2) is 9.97 Å². The highest BCUT2D eigenvalue weighted by Crippen LogP contribution is 2.32. The minimum Gasteiger partial charge on any atom is -0.491 e. The first-order chi connectivity index (χ1) is 19.2. The molecule has 0 bridgehead atoms. The Hall–Kier alpha value is -2.79. The lowest BCUT2D eigenvalue weighted by Gasteiger charge is -2.38. The normalized spacial score (nSPS) is 26.3. The Balaban J connectivity index is 1.16. The Kier molecular flexibility index (Phi) is 9.62. The third-order valence-electron chi connectivity index (χ3n) is 8.07. The van der Waals surface area contributed by atoms with Crippen LogP contribution in [0.3, 0.4) is 0 Å². The van der Waals surface area contributed by atoms with Gasteiger partial charge in [-0.2, -0.15) is 0 Å². The number of piperidine rings is 1. The molecule has 3 fully saturated rings. The minimum atomic E-state index is -0.130. The van der Waals surface area contributed by atoms with E-state index in [0.717, 1.165) is 45.1 Å². The van der Waals surface area contributed by atoms with Crippen LogP contribution in [0.4, 0.5) is 5.82 Å². The number of ether oxygens (including phenoxy) is 4. The Morgan fingerprint density at radius 2 is 1.90 bits per heavy atom. The SMILES string of the molecule is COc1c(NC[C@H]2CCC[C@@H](c3ccccc3)O2)ncnc1C(=O)N1CCC(N[C@@H]2CCOC[C@@H]2OC)CC1. The zero-order valence-corrected chi connectivity index (χ0v) is 23.0. The van der Waals surface area contributed by atoms with Crippen molar-refractivity contribution in [2.45, 2.75) is 68.9 Å². The molecule has 39 heavy (non-hydrogen) atoms. The van der Waals surface area contributed by atoms with Gasteiger partial charge in [-0.1, -0.05) is 30.3 Å². The summed E-state index contributed by atoms with van der Waals surface area (Å²) in [4.78, 5) is 24.0. The number of benzene rings is 1. The van der Waals surface area contributed by atoms with Crippen molar-refractivity contribution in [2.24, 2.45) is 0 Å². The molecule has 5 rings (SSSR count). The molecule has 4 heterocycles. The maximum absolute atomic E-state index is 13.5. The molecule has 0 saturated carbocycles. The van der Waals surface area contributed by atoms with Crippen molar-refractivity contribution >= 4 is 11.7 Å². The van der Waals surface area contributed by atoms with E-state index in [1.54, 1.807) is 14.2 Å².